The number of aryl methyl sites for hydroxylation is 4. The zero-order valence-corrected chi connectivity index (χ0v) is 13.1. The minimum Gasteiger partial charge on any atom is -0.428 e. The van der Waals surface area contributed by atoms with Crippen LogP contribution < -0.4 is 10.6 Å². The summed E-state index contributed by atoms with van der Waals surface area (Å²) >= 11 is 0. The van der Waals surface area contributed by atoms with Crippen molar-refractivity contribution in [2.24, 2.45) is 7.05 Å². The molecule has 0 fully saturated rings. The van der Waals surface area contributed by atoms with Gasteiger partial charge in [-0.25, -0.2) is 4.79 Å². The van der Waals surface area contributed by atoms with Crippen molar-refractivity contribution in [3.05, 3.63) is 28.4 Å². The van der Waals surface area contributed by atoms with E-state index in [0.29, 0.717) is 12.3 Å². The Hall–Kier alpha value is -2.31. The number of nitrogens with one attached hydrogen (secondary N) is 2. The summed E-state index contributed by atoms with van der Waals surface area (Å²) in [6.45, 7) is 8.15. The van der Waals surface area contributed by atoms with Gasteiger partial charge >= 0.3 is 12.0 Å². The number of amides is 2. The third-order valence-corrected chi connectivity index (χ3v) is 3.57. The monoisotopic (exact) mass is 291 g/mol. The Morgan fingerprint density at radius 3 is 2.48 bits per heavy atom. The molecular weight excluding hydrogens is 270 g/mol. The smallest absolute Gasteiger partial charge is 0.322 e. The molecule has 0 saturated heterocycles. The second kappa shape index (κ2) is 5.99. The largest absolute Gasteiger partial charge is 0.428 e. The number of oxazole rings is 1. The summed E-state index contributed by atoms with van der Waals surface area (Å²) < 4.78 is 7.14. The molecule has 2 aromatic rings. The summed E-state index contributed by atoms with van der Waals surface area (Å²) in [6, 6.07) is -0.105. The summed E-state index contributed by atoms with van der Waals surface area (Å²) in [6.07, 6.45) is 0.739. The van der Waals surface area contributed by atoms with Crippen molar-refractivity contribution in [3.8, 4) is 0 Å². The van der Waals surface area contributed by atoms with Gasteiger partial charge in [-0.05, 0) is 39.7 Å². The molecule has 114 valence electrons. The molecule has 0 aliphatic rings. The van der Waals surface area contributed by atoms with E-state index in [1.54, 1.807) is 6.92 Å². The maximum atomic E-state index is 11.8. The van der Waals surface area contributed by atoms with Crippen molar-refractivity contribution >= 4 is 12.0 Å². The van der Waals surface area contributed by atoms with Crippen LogP contribution in [0.1, 0.15) is 28.4 Å². The van der Waals surface area contributed by atoms with Crippen molar-refractivity contribution in [2.75, 3.05) is 11.9 Å². The van der Waals surface area contributed by atoms with Crippen LogP contribution in [0.5, 0.6) is 0 Å². The number of carbonyl (C=O) groups is 1. The topological polar surface area (TPSA) is 85.0 Å². The lowest BCUT2D eigenvalue weighted by Crippen LogP contribution is -2.30. The minimum atomic E-state index is -0.324. The Kier molecular flexibility index (Phi) is 4.30. The van der Waals surface area contributed by atoms with E-state index in [1.165, 1.54) is 5.56 Å². The number of anilines is 1. The second-order valence-corrected chi connectivity index (χ2v) is 5.06. The van der Waals surface area contributed by atoms with E-state index in [-0.39, 0.29) is 12.0 Å². The summed E-state index contributed by atoms with van der Waals surface area (Å²) in [7, 11) is 1.92. The predicted octanol–water partition coefficient (Wildman–Crippen LogP) is 2.01. The number of rotatable bonds is 4. The predicted molar refractivity (Wildman–Crippen MR) is 79.4 cm³/mol. The van der Waals surface area contributed by atoms with Crippen LogP contribution >= 0.6 is 0 Å². The first-order chi connectivity index (χ1) is 9.88. The highest BCUT2D eigenvalue weighted by Crippen LogP contribution is 2.13. The quantitative estimate of drug-likeness (QED) is 0.902. The number of hydrogen-bond donors (Lipinski definition) is 2. The first-order valence-corrected chi connectivity index (χ1v) is 6.86. The average molecular weight is 291 g/mol. The zero-order chi connectivity index (χ0) is 15.6. The van der Waals surface area contributed by atoms with Gasteiger partial charge in [0.15, 0.2) is 0 Å². The summed E-state index contributed by atoms with van der Waals surface area (Å²) in [5.41, 5.74) is 4.05. The van der Waals surface area contributed by atoms with Crippen molar-refractivity contribution in [1.29, 1.82) is 0 Å². The molecule has 21 heavy (non-hydrogen) atoms. The normalized spacial score (nSPS) is 10.7. The molecule has 0 spiro atoms. The maximum absolute atomic E-state index is 11.8. The fraction of sp³-hybridized carbons (Fsp3) is 0.500. The molecule has 0 aromatic carbocycles. The first-order valence-electron chi connectivity index (χ1n) is 6.86. The highest BCUT2D eigenvalue weighted by Gasteiger charge is 2.11. The third-order valence-electron chi connectivity index (χ3n) is 3.57. The van der Waals surface area contributed by atoms with Gasteiger partial charge in [0, 0.05) is 19.3 Å². The molecule has 2 N–H and O–H groups in total. The molecular formula is C14H21N5O2. The van der Waals surface area contributed by atoms with Gasteiger partial charge in [0.25, 0.3) is 0 Å². The van der Waals surface area contributed by atoms with Gasteiger partial charge in [-0.2, -0.15) is 10.1 Å². The van der Waals surface area contributed by atoms with Crippen molar-refractivity contribution in [1.82, 2.24) is 20.1 Å². The molecule has 7 heteroatoms. The summed E-state index contributed by atoms with van der Waals surface area (Å²) in [4.78, 5) is 15.9. The van der Waals surface area contributed by atoms with Crippen LogP contribution in [0.2, 0.25) is 0 Å². The SMILES string of the molecule is Cc1nc(NC(=O)NCCc2c(C)nn(C)c2C)oc1C. The second-order valence-electron chi connectivity index (χ2n) is 5.06. The van der Waals surface area contributed by atoms with Crippen LogP contribution in [-0.2, 0) is 13.5 Å². The number of nitrogens with zero attached hydrogens (tertiary/aromatic N) is 3. The van der Waals surface area contributed by atoms with Crippen LogP contribution in [-0.4, -0.2) is 27.3 Å². The van der Waals surface area contributed by atoms with Gasteiger partial charge in [0.2, 0.25) is 0 Å². The van der Waals surface area contributed by atoms with Gasteiger partial charge in [0.05, 0.1) is 11.4 Å². The molecule has 2 amide bonds. The van der Waals surface area contributed by atoms with E-state index in [9.17, 15) is 4.79 Å². The highest BCUT2D eigenvalue weighted by molar-refractivity contribution is 5.86. The first kappa shape index (κ1) is 15.1. The molecule has 0 aliphatic heterocycles. The Labute approximate surface area is 123 Å². The standard InChI is InChI=1S/C14H21N5O2/c1-8-11(4)21-14(16-8)17-13(20)15-7-6-12-9(2)18-19(5)10(12)3/h6-7H2,1-5H3,(H2,15,16,17,20). The Morgan fingerprint density at radius 1 is 1.24 bits per heavy atom. The molecule has 0 atom stereocenters. The van der Waals surface area contributed by atoms with Gasteiger partial charge in [-0.3, -0.25) is 10.00 Å². The third kappa shape index (κ3) is 3.42. The van der Waals surface area contributed by atoms with Gasteiger partial charge in [0.1, 0.15) is 5.76 Å². The highest BCUT2D eigenvalue weighted by atomic mass is 16.4. The van der Waals surface area contributed by atoms with Gasteiger partial charge in [-0.1, -0.05) is 0 Å². The number of carbonyl (C=O) groups excluding carboxylic acids is 1. The molecule has 2 aromatic heterocycles. The maximum Gasteiger partial charge on any atom is 0.322 e. The number of hydrogen-bond acceptors (Lipinski definition) is 4. The van der Waals surface area contributed by atoms with Crippen LogP contribution in [0.4, 0.5) is 10.8 Å². The molecule has 0 saturated carbocycles. The van der Waals surface area contributed by atoms with E-state index in [0.717, 1.165) is 23.5 Å². The van der Waals surface area contributed by atoms with E-state index in [4.69, 9.17) is 4.42 Å². The molecule has 2 rings (SSSR count). The van der Waals surface area contributed by atoms with E-state index in [2.05, 4.69) is 20.7 Å². The van der Waals surface area contributed by atoms with Crippen molar-refractivity contribution < 1.29 is 9.21 Å². The molecule has 7 nitrogen and oxygen atoms in total. The van der Waals surface area contributed by atoms with E-state index >= 15 is 0 Å². The lowest BCUT2D eigenvalue weighted by molar-refractivity contribution is 0.251. The minimum absolute atomic E-state index is 0.219. The van der Waals surface area contributed by atoms with Crippen LogP contribution in [0.15, 0.2) is 4.42 Å². The Balaban J connectivity index is 1.84. The lowest BCUT2D eigenvalue weighted by atomic mass is 10.1. The van der Waals surface area contributed by atoms with E-state index < -0.39 is 0 Å². The van der Waals surface area contributed by atoms with Crippen molar-refractivity contribution in [3.63, 3.8) is 0 Å². The average Bonchev–Trinajstić information content (AvgIpc) is 2.83. The van der Waals surface area contributed by atoms with Gasteiger partial charge < -0.3 is 9.73 Å². The van der Waals surface area contributed by atoms with Crippen LogP contribution in [0.25, 0.3) is 0 Å². The Morgan fingerprint density at radius 2 is 1.95 bits per heavy atom. The molecule has 2 heterocycles. The van der Waals surface area contributed by atoms with E-state index in [1.807, 2.05) is 32.5 Å². The van der Waals surface area contributed by atoms with Crippen molar-refractivity contribution in [2.45, 2.75) is 34.1 Å². The molecule has 0 unspecified atom stereocenters. The summed E-state index contributed by atoms with van der Waals surface area (Å²) in [5, 5.41) is 9.71. The number of urea groups is 1. The fourth-order valence-corrected chi connectivity index (χ4v) is 2.15. The summed E-state index contributed by atoms with van der Waals surface area (Å²) in [5.74, 6) is 0.701. The molecule has 0 radical (unpaired) electrons. The van der Waals surface area contributed by atoms with Crippen LogP contribution in [0.3, 0.4) is 0 Å². The number of aromatic nitrogens is 3. The molecule has 0 aliphatic carbocycles. The zero-order valence-electron chi connectivity index (χ0n) is 13.1. The van der Waals surface area contributed by atoms with Gasteiger partial charge in [-0.15, -0.1) is 0 Å². The van der Waals surface area contributed by atoms with Crippen LogP contribution in [0, 0.1) is 27.7 Å². The molecule has 0 bridgehead atoms. The Bertz CT molecular complexity index is 637. The lowest BCUT2D eigenvalue weighted by Gasteiger charge is -2.05. The fourth-order valence-electron chi connectivity index (χ4n) is 2.15.